The van der Waals surface area contributed by atoms with Crippen LogP contribution in [0.25, 0.3) is 0 Å². The van der Waals surface area contributed by atoms with Crippen molar-refractivity contribution in [2.75, 3.05) is 19.5 Å². The number of allylic oxidation sites excluding steroid dienone is 1. The van der Waals surface area contributed by atoms with Crippen LogP contribution in [0.1, 0.15) is 24.1 Å². The molecule has 0 saturated carbocycles. The van der Waals surface area contributed by atoms with Crippen molar-refractivity contribution in [2.24, 2.45) is 0 Å². The van der Waals surface area contributed by atoms with Gasteiger partial charge in [-0.2, -0.15) is 4.68 Å². The Hall–Kier alpha value is -3.88. The third-order valence-corrected chi connectivity index (χ3v) is 4.87. The number of carbonyl (C=O) groups excluding carboxylic acids is 1. The average Bonchev–Trinajstić information content (AvgIpc) is 3.24. The Balaban J connectivity index is 1.76. The number of ether oxygens (including phenoxy) is 3. The van der Waals surface area contributed by atoms with Gasteiger partial charge in [0.25, 0.3) is 0 Å². The lowest BCUT2D eigenvalue weighted by atomic mass is 9.94. The van der Waals surface area contributed by atoms with E-state index in [0.717, 1.165) is 5.56 Å². The average molecular weight is 407 g/mol. The van der Waals surface area contributed by atoms with E-state index in [2.05, 4.69) is 20.8 Å². The molecule has 0 fully saturated rings. The zero-order chi connectivity index (χ0) is 21.1. The largest absolute Gasteiger partial charge is 0.493 e. The van der Waals surface area contributed by atoms with Crippen molar-refractivity contribution in [1.82, 2.24) is 20.2 Å². The molecule has 0 saturated heterocycles. The molecular weight excluding hydrogens is 386 g/mol. The second-order valence-electron chi connectivity index (χ2n) is 6.66. The number of fused-ring (bicyclic) bond motifs is 1. The lowest BCUT2D eigenvalue weighted by Crippen LogP contribution is -2.30. The van der Waals surface area contributed by atoms with Gasteiger partial charge in [-0.15, -0.1) is 0 Å². The van der Waals surface area contributed by atoms with Crippen LogP contribution in [0.5, 0.6) is 11.5 Å². The first-order valence-electron chi connectivity index (χ1n) is 9.31. The molecule has 2 aromatic carbocycles. The Morgan fingerprint density at radius 2 is 1.90 bits per heavy atom. The minimum atomic E-state index is -0.649. The highest BCUT2D eigenvalue weighted by Gasteiger charge is 2.37. The normalized spacial score (nSPS) is 15.2. The number of tetrazole rings is 1. The zero-order valence-electron chi connectivity index (χ0n) is 16.8. The van der Waals surface area contributed by atoms with Gasteiger partial charge in [0.2, 0.25) is 5.95 Å². The van der Waals surface area contributed by atoms with Crippen LogP contribution in [-0.2, 0) is 16.1 Å². The summed E-state index contributed by atoms with van der Waals surface area (Å²) >= 11 is 0. The number of aromatic nitrogens is 4. The molecule has 0 spiro atoms. The summed E-state index contributed by atoms with van der Waals surface area (Å²) in [6.07, 6.45) is 0. The molecule has 1 atom stereocenters. The molecule has 2 heterocycles. The third kappa shape index (κ3) is 3.45. The van der Waals surface area contributed by atoms with Gasteiger partial charge in [-0.3, -0.25) is 0 Å². The standard InChI is InChI=1S/C21H21N5O4/c1-13-17(20(27)30-12-14-8-5-4-6-9-14)18(26-21(22-13)23-24-25-26)15-10-7-11-16(28-2)19(15)29-3/h4-11,18H,12H2,1-3H3,(H,22,23,25)/t18-/m0/s1. The van der Waals surface area contributed by atoms with E-state index < -0.39 is 12.0 Å². The van der Waals surface area contributed by atoms with Gasteiger partial charge < -0.3 is 19.5 Å². The number of hydrogen-bond donors (Lipinski definition) is 1. The quantitative estimate of drug-likeness (QED) is 0.623. The smallest absolute Gasteiger partial charge is 0.338 e. The third-order valence-electron chi connectivity index (χ3n) is 4.87. The molecule has 154 valence electrons. The summed E-state index contributed by atoms with van der Waals surface area (Å²) in [7, 11) is 3.11. The Morgan fingerprint density at radius 3 is 2.63 bits per heavy atom. The SMILES string of the molecule is COc1cccc([C@H]2C(C(=O)OCc3ccccc3)=C(C)Nc3nnnn32)c1OC. The predicted molar refractivity (Wildman–Crippen MR) is 108 cm³/mol. The number of carbonyl (C=O) groups is 1. The summed E-state index contributed by atoms with van der Waals surface area (Å²) in [6, 6.07) is 14.3. The molecule has 1 aromatic heterocycles. The Bertz CT molecular complexity index is 1090. The summed E-state index contributed by atoms with van der Waals surface area (Å²) in [4.78, 5) is 13.2. The topological polar surface area (TPSA) is 100 Å². The van der Waals surface area contributed by atoms with Gasteiger partial charge in [-0.1, -0.05) is 47.6 Å². The van der Waals surface area contributed by atoms with Crippen LogP contribution >= 0.6 is 0 Å². The Labute approximate surface area is 173 Å². The summed E-state index contributed by atoms with van der Waals surface area (Å²) in [6.45, 7) is 1.94. The first-order chi connectivity index (χ1) is 14.6. The van der Waals surface area contributed by atoms with Crippen molar-refractivity contribution in [3.63, 3.8) is 0 Å². The van der Waals surface area contributed by atoms with Crippen LogP contribution in [-0.4, -0.2) is 40.4 Å². The van der Waals surface area contributed by atoms with Crippen molar-refractivity contribution in [3.8, 4) is 11.5 Å². The molecular formula is C21H21N5O4. The fourth-order valence-corrected chi connectivity index (χ4v) is 3.49. The van der Waals surface area contributed by atoms with Crippen LogP contribution < -0.4 is 14.8 Å². The number of nitrogens with zero attached hydrogens (tertiary/aromatic N) is 4. The fourth-order valence-electron chi connectivity index (χ4n) is 3.49. The molecule has 1 aliphatic rings. The second kappa shape index (κ2) is 8.24. The van der Waals surface area contributed by atoms with E-state index in [1.165, 1.54) is 4.68 Å². The number of esters is 1. The van der Waals surface area contributed by atoms with Gasteiger partial charge in [-0.25, -0.2) is 4.79 Å². The van der Waals surface area contributed by atoms with E-state index in [0.29, 0.717) is 34.3 Å². The summed E-state index contributed by atoms with van der Waals surface area (Å²) in [5, 5.41) is 14.9. The van der Waals surface area contributed by atoms with Crippen LogP contribution in [0.15, 0.2) is 59.8 Å². The summed E-state index contributed by atoms with van der Waals surface area (Å²) < 4.78 is 18.2. The molecule has 0 radical (unpaired) electrons. The molecule has 9 heteroatoms. The number of para-hydroxylation sites is 1. The van der Waals surface area contributed by atoms with Crippen LogP contribution in [0, 0.1) is 0 Å². The molecule has 0 unspecified atom stereocenters. The molecule has 0 aliphatic carbocycles. The lowest BCUT2D eigenvalue weighted by Gasteiger charge is -2.28. The summed E-state index contributed by atoms with van der Waals surface area (Å²) in [5.41, 5.74) is 2.56. The van der Waals surface area contributed by atoms with E-state index in [4.69, 9.17) is 14.2 Å². The highest BCUT2D eigenvalue weighted by Crippen LogP contribution is 2.42. The first kappa shape index (κ1) is 19.4. The zero-order valence-corrected chi connectivity index (χ0v) is 16.8. The van der Waals surface area contributed by atoms with E-state index >= 15 is 0 Å². The summed E-state index contributed by atoms with van der Waals surface area (Å²) in [5.74, 6) is 0.981. The van der Waals surface area contributed by atoms with Gasteiger partial charge in [0, 0.05) is 11.3 Å². The predicted octanol–water partition coefficient (Wildman–Crippen LogP) is 2.72. The molecule has 9 nitrogen and oxygen atoms in total. The minimum Gasteiger partial charge on any atom is -0.493 e. The fraction of sp³-hybridized carbons (Fsp3) is 0.238. The monoisotopic (exact) mass is 407 g/mol. The van der Waals surface area contributed by atoms with E-state index in [-0.39, 0.29) is 6.61 Å². The molecule has 30 heavy (non-hydrogen) atoms. The Kier molecular flexibility index (Phi) is 5.34. The van der Waals surface area contributed by atoms with E-state index in [1.807, 2.05) is 42.5 Å². The van der Waals surface area contributed by atoms with Crippen molar-refractivity contribution < 1.29 is 19.0 Å². The molecule has 3 aromatic rings. The van der Waals surface area contributed by atoms with Gasteiger partial charge in [0.05, 0.1) is 19.8 Å². The number of anilines is 1. The number of methoxy groups -OCH3 is 2. The van der Waals surface area contributed by atoms with E-state index in [9.17, 15) is 4.79 Å². The van der Waals surface area contributed by atoms with Crippen molar-refractivity contribution in [3.05, 3.63) is 70.9 Å². The highest BCUT2D eigenvalue weighted by atomic mass is 16.5. The minimum absolute atomic E-state index is 0.154. The van der Waals surface area contributed by atoms with Gasteiger partial charge in [0.1, 0.15) is 12.6 Å². The molecule has 1 N–H and O–H groups in total. The highest BCUT2D eigenvalue weighted by molar-refractivity contribution is 5.92. The van der Waals surface area contributed by atoms with Crippen molar-refractivity contribution in [2.45, 2.75) is 19.6 Å². The first-order valence-corrected chi connectivity index (χ1v) is 9.31. The van der Waals surface area contributed by atoms with Gasteiger partial charge >= 0.3 is 5.97 Å². The number of hydrogen-bond acceptors (Lipinski definition) is 8. The van der Waals surface area contributed by atoms with Gasteiger partial charge in [-0.05, 0) is 29.0 Å². The number of nitrogens with one attached hydrogen (secondary N) is 1. The molecule has 1 aliphatic heterocycles. The second-order valence-corrected chi connectivity index (χ2v) is 6.66. The van der Waals surface area contributed by atoms with Crippen LogP contribution in [0.4, 0.5) is 5.95 Å². The molecule has 0 amide bonds. The number of rotatable bonds is 6. The maximum atomic E-state index is 13.2. The molecule has 0 bridgehead atoms. The maximum Gasteiger partial charge on any atom is 0.338 e. The van der Waals surface area contributed by atoms with E-state index in [1.54, 1.807) is 27.2 Å². The van der Waals surface area contributed by atoms with Crippen LogP contribution in [0.2, 0.25) is 0 Å². The van der Waals surface area contributed by atoms with Crippen LogP contribution in [0.3, 0.4) is 0 Å². The van der Waals surface area contributed by atoms with Crippen molar-refractivity contribution >= 4 is 11.9 Å². The maximum absolute atomic E-state index is 13.2. The lowest BCUT2D eigenvalue weighted by molar-refractivity contribution is -0.140. The van der Waals surface area contributed by atoms with Gasteiger partial charge in [0.15, 0.2) is 11.5 Å². The molecule has 4 rings (SSSR count). The Morgan fingerprint density at radius 1 is 1.10 bits per heavy atom. The number of benzene rings is 2. The van der Waals surface area contributed by atoms with Crippen molar-refractivity contribution in [1.29, 1.82) is 0 Å².